The molecule has 0 heterocycles. The van der Waals surface area contributed by atoms with Crippen molar-refractivity contribution in [3.8, 4) is 0 Å². The van der Waals surface area contributed by atoms with E-state index in [1.165, 1.54) is 13.0 Å². The molecule has 0 saturated heterocycles. The highest BCUT2D eigenvalue weighted by Crippen LogP contribution is 2.03. The first-order valence-corrected chi connectivity index (χ1v) is 4.33. The smallest absolute Gasteiger partial charge is 0.333 e. The Morgan fingerprint density at radius 1 is 1.25 bits per heavy atom. The van der Waals surface area contributed by atoms with Crippen molar-refractivity contribution < 1.29 is 24.9 Å². The molecule has 0 aliphatic carbocycles. The van der Waals surface area contributed by atoms with Gasteiger partial charge in [0.15, 0.2) is 0 Å². The zero-order valence-electron chi connectivity index (χ0n) is 9.14. The second-order valence-corrected chi connectivity index (χ2v) is 2.96. The lowest BCUT2D eigenvalue weighted by molar-refractivity contribution is -0.134. The molecule has 0 radical (unpaired) electrons. The SMILES string of the molecule is C=C(C)C(=O)O.C=CCC(O)C(=C)C(=O)O. The van der Waals surface area contributed by atoms with Crippen LogP contribution >= 0.6 is 0 Å². The molecule has 5 nitrogen and oxygen atoms in total. The Morgan fingerprint density at radius 2 is 1.62 bits per heavy atom. The molecular weight excluding hydrogens is 212 g/mol. The third-order valence-corrected chi connectivity index (χ3v) is 1.43. The van der Waals surface area contributed by atoms with Gasteiger partial charge in [0.05, 0.1) is 11.7 Å². The predicted molar refractivity (Wildman–Crippen MR) is 60.0 cm³/mol. The fourth-order valence-corrected chi connectivity index (χ4v) is 0.443. The minimum absolute atomic E-state index is 0.176. The first-order chi connectivity index (χ1) is 7.23. The van der Waals surface area contributed by atoms with Gasteiger partial charge in [-0.1, -0.05) is 19.2 Å². The lowest BCUT2D eigenvalue weighted by Crippen LogP contribution is -2.15. The minimum atomic E-state index is -1.17. The summed E-state index contributed by atoms with van der Waals surface area (Å²) >= 11 is 0. The maximum atomic E-state index is 10.1. The fourth-order valence-electron chi connectivity index (χ4n) is 0.443. The van der Waals surface area contributed by atoms with E-state index in [0.717, 1.165) is 0 Å². The molecule has 0 rings (SSSR count). The van der Waals surface area contributed by atoms with Gasteiger partial charge in [0, 0.05) is 5.57 Å². The maximum Gasteiger partial charge on any atom is 0.333 e. The van der Waals surface area contributed by atoms with Crippen LogP contribution in [-0.2, 0) is 9.59 Å². The number of hydrogen-bond acceptors (Lipinski definition) is 3. The van der Waals surface area contributed by atoms with Crippen LogP contribution in [0.1, 0.15) is 13.3 Å². The van der Waals surface area contributed by atoms with Gasteiger partial charge in [-0.2, -0.15) is 0 Å². The van der Waals surface area contributed by atoms with Gasteiger partial charge in [-0.25, -0.2) is 9.59 Å². The molecule has 0 spiro atoms. The number of carbonyl (C=O) groups is 2. The number of carboxylic acids is 2. The Kier molecular flexibility index (Phi) is 8.72. The van der Waals surface area contributed by atoms with Gasteiger partial charge in [-0.3, -0.25) is 0 Å². The van der Waals surface area contributed by atoms with Gasteiger partial charge < -0.3 is 15.3 Å². The quantitative estimate of drug-likeness (QED) is 0.485. The summed E-state index contributed by atoms with van der Waals surface area (Å²) in [5.74, 6) is -2.11. The summed E-state index contributed by atoms with van der Waals surface area (Å²) in [6, 6.07) is 0. The summed E-state index contributed by atoms with van der Waals surface area (Å²) in [6.07, 6.45) is 0.666. The lowest BCUT2D eigenvalue weighted by atomic mass is 10.1. The molecule has 0 aromatic carbocycles. The van der Waals surface area contributed by atoms with E-state index in [1.807, 2.05) is 0 Å². The molecule has 1 atom stereocenters. The zero-order chi connectivity index (χ0) is 13.3. The van der Waals surface area contributed by atoms with Gasteiger partial charge in [-0.15, -0.1) is 6.58 Å². The van der Waals surface area contributed by atoms with Gasteiger partial charge in [-0.05, 0) is 13.3 Å². The second-order valence-electron chi connectivity index (χ2n) is 2.96. The Balaban J connectivity index is 0. The summed E-state index contributed by atoms with van der Waals surface area (Å²) in [6.45, 7) is 11.1. The van der Waals surface area contributed by atoms with Crippen molar-refractivity contribution in [2.24, 2.45) is 0 Å². The highest BCUT2D eigenvalue weighted by molar-refractivity contribution is 5.86. The summed E-state index contributed by atoms with van der Waals surface area (Å²) in [5.41, 5.74) is -0.0186. The zero-order valence-corrected chi connectivity index (χ0v) is 9.14. The third kappa shape index (κ3) is 8.71. The topological polar surface area (TPSA) is 94.8 Å². The summed E-state index contributed by atoms with van der Waals surface area (Å²) in [7, 11) is 0. The molecular formula is C11H16O5. The number of rotatable bonds is 5. The van der Waals surface area contributed by atoms with Crippen molar-refractivity contribution >= 4 is 11.9 Å². The molecule has 0 aromatic rings. The predicted octanol–water partition coefficient (Wildman–Crippen LogP) is 1.21. The molecule has 0 bridgehead atoms. The van der Waals surface area contributed by atoms with Crippen LogP contribution in [0.15, 0.2) is 37.0 Å². The van der Waals surface area contributed by atoms with E-state index in [-0.39, 0.29) is 17.6 Å². The molecule has 0 saturated carbocycles. The standard InChI is InChI=1S/C7H10O3.C4H6O2/c1-3-4-6(8)5(2)7(9)10;1-3(2)4(5)6/h3,6,8H,1-2,4H2,(H,9,10);1H2,2H3,(H,5,6). The monoisotopic (exact) mass is 228 g/mol. The number of aliphatic carboxylic acids is 2. The lowest BCUT2D eigenvalue weighted by Gasteiger charge is -2.05. The Bertz CT molecular complexity index is 291. The molecule has 0 aromatic heterocycles. The van der Waals surface area contributed by atoms with Gasteiger partial charge in [0.1, 0.15) is 0 Å². The van der Waals surface area contributed by atoms with E-state index in [0.29, 0.717) is 0 Å². The molecule has 0 aliphatic heterocycles. The molecule has 0 amide bonds. The number of aliphatic hydroxyl groups is 1. The molecule has 3 N–H and O–H groups in total. The highest BCUT2D eigenvalue weighted by atomic mass is 16.4. The molecule has 1 unspecified atom stereocenters. The van der Waals surface area contributed by atoms with E-state index in [4.69, 9.17) is 15.3 Å². The Labute approximate surface area is 94.0 Å². The van der Waals surface area contributed by atoms with Crippen LogP contribution in [0.2, 0.25) is 0 Å². The van der Waals surface area contributed by atoms with Crippen LogP contribution < -0.4 is 0 Å². The van der Waals surface area contributed by atoms with Gasteiger partial charge >= 0.3 is 11.9 Å². The highest BCUT2D eigenvalue weighted by Gasteiger charge is 2.12. The van der Waals surface area contributed by atoms with E-state index >= 15 is 0 Å². The van der Waals surface area contributed by atoms with Crippen molar-refractivity contribution in [2.75, 3.05) is 0 Å². The fraction of sp³-hybridized carbons (Fsp3) is 0.273. The first-order valence-electron chi connectivity index (χ1n) is 4.33. The van der Waals surface area contributed by atoms with Crippen LogP contribution in [0.3, 0.4) is 0 Å². The van der Waals surface area contributed by atoms with E-state index in [1.54, 1.807) is 0 Å². The maximum absolute atomic E-state index is 10.1. The second kappa shape index (κ2) is 8.43. The average molecular weight is 228 g/mol. The van der Waals surface area contributed by atoms with Gasteiger partial charge in [0.25, 0.3) is 0 Å². The minimum Gasteiger partial charge on any atom is -0.478 e. The van der Waals surface area contributed by atoms with Crippen LogP contribution in [0, 0.1) is 0 Å². The largest absolute Gasteiger partial charge is 0.478 e. The van der Waals surface area contributed by atoms with E-state index in [2.05, 4.69) is 19.7 Å². The van der Waals surface area contributed by atoms with Gasteiger partial charge in [0.2, 0.25) is 0 Å². The number of hydrogen-bond donors (Lipinski definition) is 3. The summed E-state index contributed by atoms with van der Waals surface area (Å²) in [4.78, 5) is 19.7. The van der Waals surface area contributed by atoms with Crippen molar-refractivity contribution in [3.63, 3.8) is 0 Å². The van der Waals surface area contributed by atoms with Crippen molar-refractivity contribution in [1.29, 1.82) is 0 Å². The molecule has 5 heteroatoms. The van der Waals surface area contributed by atoms with Crippen LogP contribution in [-0.4, -0.2) is 33.4 Å². The average Bonchev–Trinajstić information content (AvgIpc) is 2.17. The van der Waals surface area contributed by atoms with Crippen molar-refractivity contribution in [2.45, 2.75) is 19.4 Å². The normalized spacial score (nSPS) is 10.4. The van der Waals surface area contributed by atoms with Crippen LogP contribution in [0.4, 0.5) is 0 Å². The van der Waals surface area contributed by atoms with E-state index in [9.17, 15) is 9.59 Å². The first kappa shape index (κ1) is 16.5. The summed E-state index contributed by atoms with van der Waals surface area (Å²) < 4.78 is 0. The molecule has 0 fully saturated rings. The third-order valence-electron chi connectivity index (χ3n) is 1.43. The Hall–Kier alpha value is -1.88. The summed E-state index contributed by atoms with van der Waals surface area (Å²) in [5, 5.41) is 25.1. The number of carboxylic acid groups (broad SMARTS) is 2. The van der Waals surface area contributed by atoms with E-state index < -0.39 is 18.0 Å². The molecule has 90 valence electrons. The van der Waals surface area contributed by atoms with Crippen molar-refractivity contribution in [1.82, 2.24) is 0 Å². The molecule has 0 aliphatic rings. The van der Waals surface area contributed by atoms with Crippen molar-refractivity contribution in [3.05, 3.63) is 37.0 Å². The van der Waals surface area contributed by atoms with Crippen LogP contribution in [0.25, 0.3) is 0 Å². The molecule has 16 heavy (non-hydrogen) atoms. The Morgan fingerprint density at radius 3 is 1.81 bits per heavy atom. The van der Waals surface area contributed by atoms with Crippen LogP contribution in [0.5, 0.6) is 0 Å². The number of aliphatic hydroxyl groups excluding tert-OH is 1.